The van der Waals surface area contributed by atoms with E-state index in [0.717, 1.165) is 40.8 Å². The minimum absolute atomic E-state index is 0.0435. The van der Waals surface area contributed by atoms with E-state index >= 15 is 0 Å². The van der Waals surface area contributed by atoms with Crippen LogP contribution in [0.25, 0.3) is 22.4 Å². The van der Waals surface area contributed by atoms with Crippen molar-refractivity contribution in [2.24, 2.45) is 0 Å². The quantitative estimate of drug-likeness (QED) is 0.205. The summed E-state index contributed by atoms with van der Waals surface area (Å²) in [5.41, 5.74) is 10.8. The highest BCUT2D eigenvalue weighted by molar-refractivity contribution is 7.98. The highest BCUT2D eigenvalue weighted by atomic mass is 32.2. The van der Waals surface area contributed by atoms with Gasteiger partial charge in [-0.2, -0.15) is 11.8 Å². The number of likely N-dealkylation sites (N-methyl/N-ethyl adjacent to an activating group) is 1. The molecule has 0 radical (unpaired) electrons. The van der Waals surface area contributed by atoms with Gasteiger partial charge in [0.15, 0.2) is 5.13 Å². The van der Waals surface area contributed by atoms with Gasteiger partial charge >= 0.3 is 0 Å². The lowest BCUT2D eigenvalue weighted by Crippen LogP contribution is -2.38. The monoisotopic (exact) mass is 519 g/mol. The van der Waals surface area contributed by atoms with Crippen LogP contribution in [0.4, 0.5) is 10.8 Å². The molecule has 4 aromatic rings. The number of nitrogen functional groups attached to an aromatic ring is 1. The van der Waals surface area contributed by atoms with Crippen LogP contribution in [0.5, 0.6) is 0 Å². The minimum atomic E-state index is -0.209. The zero-order chi connectivity index (χ0) is 25.8. The number of hydrogen-bond donors (Lipinski definition) is 3. The molecule has 9 heteroatoms. The van der Waals surface area contributed by atoms with Crippen molar-refractivity contribution in [3.8, 4) is 22.4 Å². The Hall–Kier alpha value is -3.53. The fraction of sp³-hybridized carbons (Fsp3) is 0.185. The molecule has 4 rings (SSSR count). The predicted molar refractivity (Wildman–Crippen MR) is 151 cm³/mol. The average molecular weight is 520 g/mol. The van der Waals surface area contributed by atoms with Crippen LogP contribution < -0.4 is 16.4 Å². The van der Waals surface area contributed by atoms with Crippen molar-refractivity contribution in [1.29, 1.82) is 0 Å². The number of nitrogens with one attached hydrogen (secondary N) is 2. The number of hydrogen-bond acceptors (Lipinski definition) is 8. The average Bonchev–Trinajstić information content (AvgIpc) is 3.39. The second-order valence-electron chi connectivity index (χ2n) is 7.75. The van der Waals surface area contributed by atoms with Crippen molar-refractivity contribution in [3.63, 3.8) is 0 Å². The number of benzene rings is 2. The van der Waals surface area contributed by atoms with Crippen molar-refractivity contribution in [2.75, 3.05) is 30.1 Å². The topological polar surface area (TPSA) is 110 Å². The van der Waals surface area contributed by atoms with Gasteiger partial charge in [-0.05, 0) is 79.1 Å². The fourth-order valence-electron chi connectivity index (χ4n) is 3.28. The summed E-state index contributed by atoms with van der Waals surface area (Å²) in [7, 11) is 1.81. The van der Waals surface area contributed by atoms with Gasteiger partial charge in [-0.1, -0.05) is 18.2 Å². The van der Waals surface area contributed by atoms with Crippen LogP contribution in [0, 0.1) is 0 Å². The van der Waals surface area contributed by atoms with Crippen LogP contribution in [0.15, 0.2) is 78.4 Å². The van der Waals surface area contributed by atoms with Gasteiger partial charge in [0.1, 0.15) is 6.29 Å². The summed E-state index contributed by atoms with van der Waals surface area (Å²) in [6.45, 7) is 0. The minimum Gasteiger partial charge on any atom is -0.399 e. The normalized spacial score (nSPS) is 11.2. The molecule has 0 aliphatic carbocycles. The van der Waals surface area contributed by atoms with Gasteiger partial charge in [0.2, 0.25) is 5.91 Å². The molecule has 0 spiro atoms. The third kappa shape index (κ3) is 8.01. The summed E-state index contributed by atoms with van der Waals surface area (Å²) in [5, 5.41) is 8.58. The summed E-state index contributed by atoms with van der Waals surface area (Å²) in [4.78, 5) is 31.1. The van der Waals surface area contributed by atoms with E-state index in [4.69, 9.17) is 5.73 Å². The number of nitrogens with two attached hydrogens (primary N) is 1. The van der Waals surface area contributed by atoms with Gasteiger partial charge in [0, 0.05) is 34.6 Å². The maximum absolute atomic E-state index is 12.4. The molecule has 1 atom stereocenters. The van der Waals surface area contributed by atoms with Crippen LogP contribution in [0.3, 0.4) is 0 Å². The lowest BCUT2D eigenvalue weighted by Gasteiger charge is -2.14. The third-order valence-electron chi connectivity index (χ3n) is 5.25. The van der Waals surface area contributed by atoms with E-state index in [1.165, 1.54) is 11.3 Å². The van der Waals surface area contributed by atoms with Crippen molar-refractivity contribution >= 4 is 46.1 Å². The first-order chi connectivity index (χ1) is 17.5. The number of nitrogens with zero attached hydrogens (tertiary/aromatic N) is 2. The van der Waals surface area contributed by atoms with Crippen molar-refractivity contribution in [3.05, 3.63) is 84.0 Å². The maximum Gasteiger partial charge on any atom is 0.243 e. The zero-order valence-corrected chi connectivity index (χ0v) is 21.8. The molecule has 4 N–H and O–H groups in total. The number of aldehydes is 1. The number of carbonyl (C=O) groups is 2. The molecule has 0 saturated carbocycles. The van der Waals surface area contributed by atoms with Gasteiger partial charge in [0.05, 0.1) is 11.7 Å². The number of rotatable bonds is 9. The van der Waals surface area contributed by atoms with Gasteiger partial charge in [-0.25, -0.2) is 4.98 Å². The molecule has 186 valence electrons. The smallest absolute Gasteiger partial charge is 0.243 e. The molecule has 0 aliphatic rings. The van der Waals surface area contributed by atoms with E-state index in [0.29, 0.717) is 16.4 Å². The first-order valence-corrected chi connectivity index (χ1v) is 13.6. The highest BCUT2D eigenvalue weighted by Crippen LogP contribution is 2.28. The molecule has 36 heavy (non-hydrogen) atoms. The largest absolute Gasteiger partial charge is 0.399 e. The Bertz CT molecular complexity index is 1250. The van der Waals surface area contributed by atoms with E-state index in [1.54, 1.807) is 48.4 Å². The Morgan fingerprint density at radius 1 is 1.08 bits per heavy atom. The molecule has 7 nitrogen and oxygen atoms in total. The molecule has 2 aromatic heterocycles. The number of anilines is 2. The molecule has 0 aliphatic heterocycles. The highest BCUT2D eigenvalue weighted by Gasteiger charge is 2.17. The number of pyridine rings is 1. The summed E-state index contributed by atoms with van der Waals surface area (Å²) >= 11 is 3.17. The molecule has 0 bridgehead atoms. The Kier molecular flexibility index (Phi) is 10.6. The second kappa shape index (κ2) is 14.1. The standard InChI is InChI=1S/C20H22N4OS2.C7H7NO/c1-21-17(8-11-26-2)19(25)24-20-23-18(13-27-20)16-5-3-4-15(12-16)14-6-9-22-10-7-14;8-7-3-1-6(5-9)2-4-7/h3-7,9-10,12-13,17,21H,8,11H2,1-2H3,(H,23,24,25);1-5H,8H2. The second-order valence-corrected chi connectivity index (χ2v) is 9.59. The summed E-state index contributed by atoms with van der Waals surface area (Å²) in [5.74, 6) is 0.891. The summed E-state index contributed by atoms with van der Waals surface area (Å²) < 4.78 is 0. The van der Waals surface area contributed by atoms with E-state index in [2.05, 4.69) is 32.7 Å². The third-order valence-corrected chi connectivity index (χ3v) is 6.66. The first kappa shape index (κ1) is 27.1. The Morgan fingerprint density at radius 2 is 1.81 bits per heavy atom. The van der Waals surface area contributed by atoms with Gasteiger partial charge in [0.25, 0.3) is 0 Å². The lowest BCUT2D eigenvalue weighted by atomic mass is 10.0. The number of thiazole rings is 1. The van der Waals surface area contributed by atoms with E-state index in [-0.39, 0.29) is 11.9 Å². The Balaban J connectivity index is 0.000000338. The maximum atomic E-state index is 12.4. The molecule has 1 amide bonds. The molecule has 0 fully saturated rings. The molecular formula is C27H29N5O2S2. The first-order valence-electron chi connectivity index (χ1n) is 11.3. The van der Waals surface area contributed by atoms with Gasteiger partial charge in [-0.3, -0.25) is 14.6 Å². The van der Waals surface area contributed by atoms with Crippen LogP contribution in [-0.4, -0.2) is 47.3 Å². The Morgan fingerprint density at radius 3 is 2.47 bits per heavy atom. The van der Waals surface area contributed by atoms with E-state index in [1.807, 2.05) is 42.9 Å². The van der Waals surface area contributed by atoms with Crippen LogP contribution in [0.1, 0.15) is 16.8 Å². The number of aromatic nitrogens is 2. The molecule has 0 saturated heterocycles. The van der Waals surface area contributed by atoms with E-state index in [9.17, 15) is 9.59 Å². The number of amides is 1. The van der Waals surface area contributed by atoms with Crippen LogP contribution in [0.2, 0.25) is 0 Å². The molecule has 1 unspecified atom stereocenters. The van der Waals surface area contributed by atoms with E-state index < -0.39 is 0 Å². The molecular weight excluding hydrogens is 490 g/mol. The predicted octanol–water partition coefficient (Wildman–Crippen LogP) is 5.23. The SMILES string of the molecule is CNC(CCSC)C(=O)Nc1nc(-c2cccc(-c3ccncc3)c2)cs1.Nc1ccc(C=O)cc1. The van der Waals surface area contributed by atoms with Gasteiger partial charge in [-0.15, -0.1) is 11.3 Å². The molecule has 2 aromatic carbocycles. The van der Waals surface area contributed by atoms with Crippen molar-refractivity contribution < 1.29 is 9.59 Å². The van der Waals surface area contributed by atoms with Crippen molar-refractivity contribution in [2.45, 2.75) is 12.5 Å². The fourth-order valence-corrected chi connectivity index (χ4v) is 4.47. The molecule has 2 heterocycles. The van der Waals surface area contributed by atoms with Crippen LogP contribution in [-0.2, 0) is 4.79 Å². The zero-order valence-electron chi connectivity index (χ0n) is 20.2. The van der Waals surface area contributed by atoms with Gasteiger partial charge < -0.3 is 16.4 Å². The number of thioether (sulfide) groups is 1. The van der Waals surface area contributed by atoms with Crippen molar-refractivity contribution in [1.82, 2.24) is 15.3 Å². The summed E-state index contributed by atoms with van der Waals surface area (Å²) in [6, 6.07) is 18.7. The number of carbonyl (C=O) groups excluding carboxylic acids is 2. The van der Waals surface area contributed by atoms with Crippen LogP contribution >= 0.6 is 23.1 Å². The summed E-state index contributed by atoms with van der Waals surface area (Å²) in [6.07, 6.45) is 7.19. The lowest BCUT2D eigenvalue weighted by molar-refractivity contribution is -0.118. The Labute approximate surface area is 219 Å².